The molecule has 4 heteroatoms. The first-order valence-corrected chi connectivity index (χ1v) is 5.37. The maximum atomic E-state index is 11.6. The normalized spacial score (nSPS) is 25.0. The van der Waals surface area contributed by atoms with Gasteiger partial charge in [0.1, 0.15) is 0 Å². The van der Waals surface area contributed by atoms with Crippen LogP contribution in [0.3, 0.4) is 0 Å². The van der Waals surface area contributed by atoms with Gasteiger partial charge in [0.15, 0.2) is 0 Å². The highest BCUT2D eigenvalue weighted by atomic mass is 16.3. The van der Waals surface area contributed by atoms with E-state index < -0.39 is 5.54 Å². The average Bonchev–Trinajstić information content (AvgIpc) is 2.60. The van der Waals surface area contributed by atoms with E-state index in [1.54, 1.807) is 0 Å². The Bertz CT molecular complexity index is 298. The molecule has 1 N–H and O–H groups in total. The van der Waals surface area contributed by atoms with E-state index in [4.69, 9.17) is 0 Å². The molecule has 1 aliphatic heterocycles. The average molecular weight is 209 g/mol. The summed E-state index contributed by atoms with van der Waals surface area (Å²) in [7, 11) is 0. The minimum absolute atomic E-state index is 0.119. The molecule has 0 aromatic carbocycles. The molecule has 4 nitrogen and oxygen atoms in total. The first kappa shape index (κ1) is 10.4. The highest BCUT2D eigenvalue weighted by Crippen LogP contribution is 2.35. The summed E-state index contributed by atoms with van der Waals surface area (Å²) in [5, 5.41) is 9.46. The molecule has 1 saturated carbocycles. The summed E-state index contributed by atoms with van der Waals surface area (Å²) in [5.41, 5.74) is -0.629. The predicted molar refractivity (Wildman–Crippen MR) is 53.9 cm³/mol. The van der Waals surface area contributed by atoms with Crippen LogP contribution < -0.4 is 0 Å². The van der Waals surface area contributed by atoms with Gasteiger partial charge in [-0.2, -0.15) is 0 Å². The van der Waals surface area contributed by atoms with Crippen molar-refractivity contribution in [1.82, 2.24) is 4.90 Å². The van der Waals surface area contributed by atoms with Gasteiger partial charge in [-0.15, -0.1) is 0 Å². The molecular formula is C11H15NO3. The molecule has 1 heterocycles. The molecule has 2 amide bonds. The summed E-state index contributed by atoms with van der Waals surface area (Å²) in [6.45, 7) is -0.119. The quantitative estimate of drug-likeness (QED) is 0.678. The van der Waals surface area contributed by atoms with Crippen LogP contribution in [0.15, 0.2) is 12.2 Å². The Morgan fingerprint density at radius 2 is 1.67 bits per heavy atom. The van der Waals surface area contributed by atoms with Crippen LogP contribution >= 0.6 is 0 Å². The zero-order valence-corrected chi connectivity index (χ0v) is 8.61. The van der Waals surface area contributed by atoms with Crippen LogP contribution in [0, 0.1) is 0 Å². The van der Waals surface area contributed by atoms with E-state index in [9.17, 15) is 14.7 Å². The highest BCUT2D eigenvalue weighted by Gasteiger charge is 2.44. The Balaban J connectivity index is 2.25. The van der Waals surface area contributed by atoms with Crippen LogP contribution in [0.2, 0.25) is 0 Å². The lowest BCUT2D eigenvalue weighted by Crippen LogP contribution is -2.55. The van der Waals surface area contributed by atoms with Gasteiger partial charge in [0.2, 0.25) is 0 Å². The molecule has 1 fully saturated rings. The minimum Gasteiger partial charge on any atom is -0.394 e. The predicted octanol–water partition coefficient (Wildman–Crippen LogP) is 0.607. The number of carbonyl (C=O) groups excluding carboxylic acids is 2. The largest absolute Gasteiger partial charge is 0.394 e. The lowest BCUT2D eigenvalue weighted by Gasteiger charge is -2.41. The lowest BCUT2D eigenvalue weighted by molar-refractivity contribution is -0.148. The van der Waals surface area contributed by atoms with Gasteiger partial charge >= 0.3 is 0 Å². The summed E-state index contributed by atoms with van der Waals surface area (Å²) >= 11 is 0. The molecule has 0 spiro atoms. The number of imide groups is 1. The summed E-state index contributed by atoms with van der Waals surface area (Å²) in [6.07, 6.45) is 7.08. The minimum atomic E-state index is -0.629. The fourth-order valence-corrected chi connectivity index (χ4v) is 2.53. The number of nitrogens with zero attached hydrogens (tertiary/aromatic N) is 1. The molecule has 82 valence electrons. The van der Waals surface area contributed by atoms with Crippen LogP contribution in [0.25, 0.3) is 0 Å². The van der Waals surface area contributed by atoms with Crippen molar-refractivity contribution in [3.05, 3.63) is 12.2 Å². The molecule has 2 aliphatic rings. The van der Waals surface area contributed by atoms with Crippen molar-refractivity contribution in [2.75, 3.05) is 6.61 Å². The van der Waals surface area contributed by atoms with Crippen LogP contribution in [0.4, 0.5) is 0 Å². The molecular weight excluding hydrogens is 194 g/mol. The van der Waals surface area contributed by atoms with Gasteiger partial charge < -0.3 is 5.11 Å². The van der Waals surface area contributed by atoms with Gasteiger partial charge in [-0.25, -0.2) is 0 Å². The zero-order chi connectivity index (χ0) is 10.9. The molecule has 0 bridgehead atoms. The van der Waals surface area contributed by atoms with Crippen molar-refractivity contribution in [2.45, 2.75) is 37.6 Å². The third kappa shape index (κ3) is 1.59. The maximum absolute atomic E-state index is 11.6. The smallest absolute Gasteiger partial charge is 0.254 e. The van der Waals surface area contributed by atoms with Crippen molar-refractivity contribution < 1.29 is 14.7 Å². The first-order chi connectivity index (χ1) is 7.19. The van der Waals surface area contributed by atoms with E-state index >= 15 is 0 Å². The molecule has 0 radical (unpaired) electrons. The Kier molecular flexibility index (Phi) is 2.61. The molecule has 0 unspecified atom stereocenters. The van der Waals surface area contributed by atoms with Crippen molar-refractivity contribution >= 4 is 11.8 Å². The van der Waals surface area contributed by atoms with E-state index in [0.717, 1.165) is 32.1 Å². The summed E-state index contributed by atoms with van der Waals surface area (Å²) in [4.78, 5) is 24.4. The standard InChI is InChI=1S/C11H15NO3/c13-8-11(6-2-1-3-7-11)12-9(14)4-5-10(12)15/h4-5,13H,1-3,6-8H2. The number of hydrogen-bond donors (Lipinski definition) is 1. The van der Waals surface area contributed by atoms with Crippen LogP contribution in [-0.4, -0.2) is 34.0 Å². The lowest BCUT2D eigenvalue weighted by atomic mass is 9.81. The molecule has 15 heavy (non-hydrogen) atoms. The number of carbonyl (C=O) groups is 2. The Hall–Kier alpha value is -1.16. The van der Waals surface area contributed by atoms with E-state index in [-0.39, 0.29) is 18.4 Å². The fraction of sp³-hybridized carbons (Fsp3) is 0.636. The monoisotopic (exact) mass is 209 g/mol. The summed E-state index contributed by atoms with van der Waals surface area (Å²) in [5.74, 6) is -0.563. The van der Waals surface area contributed by atoms with Gasteiger partial charge in [0, 0.05) is 12.2 Å². The summed E-state index contributed by atoms with van der Waals surface area (Å²) in [6, 6.07) is 0. The van der Waals surface area contributed by atoms with Gasteiger partial charge in [-0.05, 0) is 12.8 Å². The van der Waals surface area contributed by atoms with Crippen molar-refractivity contribution in [2.24, 2.45) is 0 Å². The highest BCUT2D eigenvalue weighted by molar-refractivity contribution is 6.13. The second-order valence-corrected chi connectivity index (χ2v) is 4.29. The van der Waals surface area contributed by atoms with E-state index in [1.807, 2.05) is 0 Å². The van der Waals surface area contributed by atoms with Crippen molar-refractivity contribution in [3.8, 4) is 0 Å². The third-order valence-corrected chi connectivity index (χ3v) is 3.36. The maximum Gasteiger partial charge on any atom is 0.254 e. The Morgan fingerprint density at radius 1 is 1.13 bits per heavy atom. The van der Waals surface area contributed by atoms with E-state index in [1.165, 1.54) is 17.1 Å². The number of aliphatic hydroxyl groups is 1. The van der Waals surface area contributed by atoms with Gasteiger partial charge in [-0.3, -0.25) is 14.5 Å². The topological polar surface area (TPSA) is 57.6 Å². The SMILES string of the molecule is O=C1C=CC(=O)N1C1(CO)CCCCC1. The van der Waals surface area contributed by atoms with Gasteiger partial charge in [-0.1, -0.05) is 19.3 Å². The first-order valence-electron chi connectivity index (χ1n) is 5.37. The Labute approximate surface area is 88.6 Å². The second kappa shape index (κ2) is 3.77. The third-order valence-electron chi connectivity index (χ3n) is 3.36. The Morgan fingerprint density at radius 3 is 2.13 bits per heavy atom. The molecule has 0 saturated heterocycles. The van der Waals surface area contributed by atoms with Crippen LogP contribution in [0.5, 0.6) is 0 Å². The molecule has 0 aromatic rings. The van der Waals surface area contributed by atoms with E-state index in [2.05, 4.69) is 0 Å². The number of amides is 2. The number of hydrogen-bond acceptors (Lipinski definition) is 3. The second-order valence-electron chi connectivity index (χ2n) is 4.29. The van der Waals surface area contributed by atoms with Crippen LogP contribution in [-0.2, 0) is 9.59 Å². The zero-order valence-electron chi connectivity index (χ0n) is 8.61. The van der Waals surface area contributed by atoms with Gasteiger partial charge in [0.25, 0.3) is 11.8 Å². The molecule has 2 rings (SSSR count). The number of rotatable bonds is 2. The van der Waals surface area contributed by atoms with Crippen molar-refractivity contribution in [1.29, 1.82) is 0 Å². The molecule has 1 aliphatic carbocycles. The van der Waals surface area contributed by atoms with E-state index in [0.29, 0.717) is 0 Å². The molecule has 0 aromatic heterocycles. The van der Waals surface area contributed by atoms with Gasteiger partial charge in [0.05, 0.1) is 12.1 Å². The fourth-order valence-electron chi connectivity index (χ4n) is 2.53. The number of aliphatic hydroxyl groups excluding tert-OH is 1. The summed E-state index contributed by atoms with van der Waals surface area (Å²) < 4.78 is 0. The molecule has 0 atom stereocenters. The van der Waals surface area contributed by atoms with Crippen molar-refractivity contribution in [3.63, 3.8) is 0 Å². The van der Waals surface area contributed by atoms with Crippen LogP contribution in [0.1, 0.15) is 32.1 Å².